The fraction of sp³-hybridized carbons (Fsp3) is 0.500. The van der Waals surface area contributed by atoms with Crippen molar-refractivity contribution in [3.05, 3.63) is 52.8 Å². The monoisotopic (exact) mass is 341 g/mol. The van der Waals surface area contributed by atoms with Gasteiger partial charge in [-0.3, -0.25) is 9.67 Å². The molecule has 1 aromatic heterocycles. The SMILES string of the molecule is CN=C(NCCCn1nc(C)cc1C)NCC(C)c1ccc(C)cc1. The van der Waals surface area contributed by atoms with Crippen molar-refractivity contribution in [3.63, 3.8) is 0 Å². The van der Waals surface area contributed by atoms with Gasteiger partial charge < -0.3 is 10.6 Å². The van der Waals surface area contributed by atoms with Crippen LogP contribution < -0.4 is 10.6 Å². The Morgan fingerprint density at radius 3 is 2.48 bits per heavy atom. The van der Waals surface area contributed by atoms with E-state index in [0.29, 0.717) is 5.92 Å². The Hall–Kier alpha value is -2.30. The van der Waals surface area contributed by atoms with Crippen LogP contribution in [0.5, 0.6) is 0 Å². The fourth-order valence-electron chi connectivity index (χ4n) is 2.82. The van der Waals surface area contributed by atoms with E-state index < -0.39 is 0 Å². The molecule has 0 radical (unpaired) electrons. The minimum Gasteiger partial charge on any atom is -0.356 e. The Labute approximate surface area is 151 Å². The molecule has 0 spiro atoms. The van der Waals surface area contributed by atoms with Gasteiger partial charge in [-0.25, -0.2) is 0 Å². The molecule has 2 rings (SSSR count). The third-order valence-electron chi connectivity index (χ3n) is 4.39. The van der Waals surface area contributed by atoms with Crippen LogP contribution in [0.1, 0.15) is 41.8 Å². The summed E-state index contributed by atoms with van der Waals surface area (Å²) in [7, 11) is 1.81. The molecule has 2 N–H and O–H groups in total. The summed E-state index contributed by atoms with van der Waals surface area (Å²) in [5.74, 6) is 1.29. The quantitative estimate of drug-likeness (QED) is 0.462. The number of benzene rings is 1. The second kappa shape index (κ2) is 9.25. The van der Waals surface area contributed by atoms with E-state index >= 15 is 0 Å². The van der Waals surface area contributed by atoms with Gasteiger partial charge in [0.1, 0.15) is 0 Å². The summed E-state index contributed by atoms with van der Waals surface area (Å²) in [5, 5.41) is 11.3. The molecular weight excluding hydrogens is 310 g/mol. The molecular formula is C20H31N5. The van der Waals surface area contributed by atoms with Crippen molar-refractivity contribution >= 4 is 5.96 Å². The molecule has 5 heteroatoms. The number of aliphatic imine (C=N–C) groups is 1. The van der Waals surface area contributed by atoms with Crippen molar-refractivity contribution in [1.82, 2.24) is 20.4 Å². The van der Waals surface area contributed by atoms with Crippen LogP contribution in [-0.4, -0.2) is 35.9 Å². The molecule has 0 fully saturated rings. The first kappa shape index (κ1) is 19.0. The second-order valence-electron chi connectivity index (χ2n) is 6.70. The Morgan fingerprint density at radius 1 is 1.16 bits per heavy atom. The number of guanidine groups is 1. The molecule has 0 bridgehead atoms. The molecule has 1 heterocycles. The van der Waals surface area contributed by atoms with Gasteiger partial charge in [0, 0.05) is 32.4 Å². The topological polar surface area (TPSA) is 54.2 Å². The first-order valence-electron chi connectivity index (χ1n) is 9.01. The Balaban J connectivity index is 1.71. The highest BCUT2D eigenvalue weighted by Crippen LogP contribution is 2.14. The molecule has 1 atom stereocenters. The number of hydrogen-bond donors (Lipinski definition) is 2. The van der Waals surface area contributed by atoms with Crippen LogP contribution in [0.15, 0.2) is 35.3 Å². The van der Waals surface area contributed by atoms with Gasteiger partial charge in [-0.05, 0) is 44.7 Å². The molecule has 5 nitrogen and oxygen atoms in total. The fourth-order valence-corrected chi connectivity index (χ4v) is 2.82. The Morgan fingerprint density at radius 2 is 1.88 bits per heavy atom. The van der Waals surface area contributed by atoms with Crippen LogP contribution in [0, 0.1) is 20.8 Å². The first-order valence-corrected chi connectivity index (χ1v) is 9.01. The summed E-state index contributed by atoms with van der Waals surface area (Å²) in [6.45, 7) is 11.1. The van der Waals surface area contributed by atoms with E-state index in [1.54, 1.807) is 0 Å². The highest BCUT2D eigenvalue weighted by molar-refractivity contribution is 5.79. The van der Waals surface area contributed by atoms with Crippen molar-refractivity contribution < 1.29 is 0 Å². The van der Waals surface area contributed by atoms with Crippen molar-refractivity contribution in [2.75, 3.05) is 20.1 Å². The lowest BCUT2D eigenvalue weighted by molar-refractivity contribution is 0.554. The summed E-state index contributed by atoms with van der Waals surface area (Å²) >= 11 is 0. The molecule has 0 aliphatic carbocycles. The zero-order chi connectivity index (χ0) is 18.2. The minimum atomic E-state index is 0.439. The summed E-state index contributed by atoms with van der Waals surface area (Å²) in [6.07, 6.45) is 1.01. The third kappa shape index (κ3) is 5.93. The maximum Gasteiger partial charge on any atom is 0.190 e. The molecule has 1 unspecified atom stereocenters. The van der Waals surface area contributed by atoms with Crippen LogP contribution in [0.4, 0.5) is 0 Å². The molecule has 136 valence electrons. The zero-order valence-corrected chi connectivity index (χ0v) is 16.1. The molecule has 2 aromatic rings. The van der Waals surface area contributed by atoms with Gasteiger partial charge in [-0.2, -0.15) is 5.10 Å². The standard InChI is InChI=1S/C20H31N5/c1-15-7-9-19(10-8-15)16(2)14-23-20(21-5)22-11-6-12-25-18(4)13-17(3)24-25/h7-10,13,16H,6,11-12,14H2,1-5H3,(H2,21,22,23). The lowest BCUT2D eigenvalue weighted by Crippen LogP contribution is -2.39. The van der Waals surface area contributed by atoms with Gasteiger partial charge in [0.25, 0.3) is 0 Å². The predicted octanol–water partition coefficient (Wildman–Crippen LogP) is 3.17. The Kier molecular flexibility index (Phi) is 7.04. The van der Waals surface area contributed by atoms with Crippen LogP contribution in [0.3, 0.4) is 0 Å². The van der Waals surface area contributed by atoms with E-state index in [2.05, 4.69) is 76.5 Å². The molecule has 0 amide bonds. The van der Waals surface area contributed by atoms with E-state index in [-0.39, 0.29) is 0 Å². The Bertz CT molecular complexity index is 685. The molecule has 0 saturated heterocycles. The smallest absolute Gasteiger partial charge is 0.190 e. The van der Waals surface area contributed by atoms with Crippen LogP contribution in [0.25, 0.3) is 0 Å². The van der Waals surface area contributed by atoms with Crippen LogP contribution in [-0.2, 0) is 6.54 Å². The summed E-state index contributed by atoms with van der Waals surface area (Å²) in [4.78, 5) is 4.31. The number of hydrogen-bond acceptors (Lipinski definition) is 2. The van der Waals surface area contributed by atoms with Gasteiger partial charge in [-0.15, -0.1) is 0 Å². The van der Waals surface area contributed by atoms with Crippen molar-refractivity contribution in [1.29, 1.82) is 0 Å². The van der Waals surface area contributed by atoms with E-state index in [1.807, 2.05) is 14.0 Å². The lowest BCUT2D eigenvalue weighted by Gasteiger charge is -2.16. The van der Waals surface area contributed by atoms with Gasteiger partial charge >= 0.3 is 0 Å². The van der Waals surface area contributed by atoms with Gasteiger partial charge in [0.15, 0.2) is 5.96 Å². The molecule has 1 aromatic carbocycles. The number of nitrogens with one attached hydrogen (secondary N) is 2. The number of rotatable bonds is 7. The largest absolute Gasteiger partial charge is 0.356 e. The third-order valence-corrected chi connectivity index (χ3v) is 4.39. The molecule has 0 aliphatic rings. The normalized spacial score (nSPS) is 12.9. The summed E-state index contributed by atoms with van der Waals surface area (Å²) in [5.41, 5.74) is 4.93. The minimum absolute atomic E-state index is 0.439. The second-order valence-corrected chi connectivity index (χ2v) is 6.70. The van der Waals surface area contributed by atoms with Crippen LogP contribution in [0.2, 0.25) is 0 Å². The summed E-state index contributed by atoms with van der Waals surface area (Å²) < 4.78 is 2.06. The van der Waals surface area contributed by atoms with E-state index in [4.69, 9.17) is 0 Å². The molecule has 0 saturated carbocycles. The maximum absolute atomic E-state index is 4.49. The summed E-state index contributed by atoms with van der Waals surface area (Å²) in [6, 6.07) is 10.8. The van der Waals surface area contributed by atoms with Gasteiger partial charge in [0.2, 0.25) is 0 Å². The van der Waals surface area contributed by atoms with Crippen LogP contribution >= 0.6 is 0 Å². The first-order chi connectivity index (χ1) is 12.0. The van der Waals surface area contributed by atoms with Crippen molar-refractivity contribution in [3.8, 4) is 0 Å². The van der Waals surface area contributed by atoms with Gasteiger partial charge in [0.05, 0.1) is 5.69 Å². The average molecular weight is 342 g/mol. The van der Waals surface area contributed by atoms with Crippen molar-refractivity contribution in [2.24, 2.45) is 4.99 Å². The number of aromatic nitrogens is 2. The zero-order valence-electron chi connectivity index (χ0n) is 16.1. The van der Waals surface area contributed by atoms with E-state index in [1.165, 1.54) is 16.8 Å². The van der Waals surface area contributed by atoms with Gasteiger partial charge in [-0.1, -0.05) is 36.8 Å². The number of nitrogens with zero attached hydrogens (tertiary/aromatic N) is 3. The predicted molar refractivity (Wildman–Crippen MR) is 105 cm³/mol. The highest BCUT2D eigenvalue weighted by atomic mass is 15.3. The highest BCUT2D eigenvalue weighted by Gasteiger charge is 2.06. The molecule has 0 aliphatic heterocycles. The molecule has 25 heavy (non-hydrogen) atoms. The maximum atomic E-state index is 4.49. The lowest BCUT2D eigenvalue weighted by atomic mass is 10.0. The van der Waals surface area contributed by atoms with E-state index in [0.717, 1.165) is 37.7 Å². The van der Waals surface area contributed by atoms with Crippen molar-refractivity contribution in [2.45, 2.75) is 46.6 Å². The van der Waals surface area contributed by atoms with E-state index in [9.17, 15) is 0 Å². The average Bonchev–Trinajstić information content (AvgIpc) is 2.92. The number of aryl methyl sites for hydroxylation is 4.